The average molecular weight is 440 g/mol. The maximum Gasteiger partial charge on any atom is 0.0351 e. The molecule has 0 saturated heterocycles. The van der Waals surface area contributed by atoms with Crippen LogP contribution in [0.1, 0.15) is 110 Å². The van der Waals surface area contributed by atoms with Crippen molar-refractivity contribution in [2.75, 3.05) is 6.54 Å². The zero-order valence-corrected chi connectivity index (χ0v) is 22.6. The lowest BCUT2D eigenvalue weighted by molar-refractivity contribution is 0.343. The number of aryl methyl sites for hydroxylation is 2. The van der Waals surface area contributed by atoms with E-state index in [0.717, 1.165) is 19.4 Å². The second-order valence-electron chi connectivity index (χ2n) is 10.0. The Labute approximate surface area is 201 Å². The standard InChI is InChI=1S/C16H26.C13H21N.C2H6/c1-3-4-5-6-7-8-9-10-16-13-11-15(2)12-14-16;1-10(2)9-14-12-6-11(3)7-13(4,5)8-12;1-2/h11-14H,3-10H2,1-2H3;6,14H,1,3,7-9H2,2,4-5H3;1-2H3. The molecule has 0 bridgehead atoms. The number of unbranched alkanes of at least 4 members (excludes halogenated alkanes) is 6. The summed E-state index contributed by atoms with van der Waals surface area (Å²) >= 11 is 0. The summed E-state index contributed by atoms with van der Waals surface area (Å²) in [5, 5.41) is 3.41. The smallest absolute Gasteiger partial charge is 0.0351 e. The monoisotopic (exact) mass is 439 g/mol. The Morgan fingerprint density at radius 2 is 1.50 bits per heavy atom. The van der Waals surface area contributed by atoms with Crippen LogP contribution in [0.3, 0.4) is 0 Å². The van der Waals surface area contributed by atoms with Crippen LogP contribution in [0.15, 0.2) is 60.3 Å². The van der Waals surface area contributed by atoms with E-state index in [1.54, 1.807) is 0 Å². The van der Waals surface area contributed by atoms with Crippen molar-refractivity contribution in [1.29, 1.82) is 0 Å². The summed E-state index contributed by atoms with van der Waals surface area (Å²) in [4.78, 5) is 0. The lowest BCUT2D eigenvalue weighted by Gasteiger charge is -2.31. The third-order valence-electron chi connectivity index (χ3n) is 5.56. The van der Waals surface area contributed by atoms with Crippen molar-refractivity contribution >= 4 is 0 Å². The predicted molar refractivity (Wildman–Crippen MR) is 147 cm³/mol. The van der Waals surface area contributed by atoms with E-state index in [1.165, 1.54) is 79.3 Å². The number of hydrogen-bond acceptors (Lipinski definition) is 1. The van der Waals surface area contributed by atoms with Gasteiger partial charge in [0.15, 0.2) is 0 Å². The van der Waals surface area contributed by atoms with Crippen molar-refractivity contribution in [3.8, 4) is 0 Å². The van der Waals surface area contributed by atoms with E-state index in [0.29, 0.717) is 5.41 Å². The van der Waals surface area contributed by atoms with E-state index in [4.69, 9.17) is 0 Å². The van der Waals surface area contributed by atoms with Crippen LogP contribution in [0, 0.1) is 12.3 Å². The van der Waals surface area contributed by atoms with Gasteiger partial charge in [-0.2, -0.15) is 0 Å². The summed E-state index contributed by atoms with van der Waals surface area (Å²) in [6, 6.07) is 8.98. The second-order valence-corrected chi connectivity index (χ2v) is 10.0. The van der Waals surface area contributed by atoms with Gasteiger partial charge in [-0.15, -0.1) is 0 Å². The highest BCUT2D eigenvalue weighted by molar-refractivity contribution is 5.27. The number of allylic oxidation sites excluding steroid dienone is 3. The highest BCUT2D eigenvalue weighted by Gasteiger charge is 2.24. The van der Waals surface area contributed by atoms with E-state index in [9.17, 15) is 0 Å². The molecule has 1 aromatic carbocycles. The highest BCUT2D eigenvalue weighted by Crippen LogP contribution is 2.36. The van der Waals surface area contributed by atoms with E-state index in [-0.39, 0.29) is 0 Å². The van der Waals surface area contributed by atoms with Gasteiger partial charge < -0.3 is 5.32 Å². The largest absolute Gasteiger partial charge is 0.385 e. The van der Waals surface area contributed by atoms with Crippen molar-refractivity contribution in [2.24, 2.45) is 5.41 Å². The van der Waals surface area contributed by atoms with Crippen LogP contribution in [0.5, 0.6) is 0 Å². The Kier molecular flexibility index (Phi) is 16.8. The number of benzene rings is 1. The molecule has 0 spiro atoms. The normalized spacial score (nSPS) is 14.3. The van der Waals surface area contributed by atoms with Gasteiger partial charge in [-0.05, 0) is 56.6 Å². The predicted octanol–water partition coefficient (Wildman–Crippen LogP) is 9.73. The Balaban J connectivity index is 0.000000561. The summed E-state index contributed by atoms with van der Waals surface area (Å²) in [6.07, 6.45) is 15.5. The maximum absolute atomic E-state index is 4.05. The van der Waals surface area contributed by atoms with Gasteiger partial charge in [0.05, 0.1) is 0 Å². The van der Waals surface area contributed by atoms with Gasteiger partial charge in [-0.25, -0.2) is 0 Å². The Hall–Kier alpha value is -1.76. The molecule has 0 unspecified atom stereocenters. The Morgan fingerprint density at radius 3 is 2.03 bits per heavy atom. The van der Waals surface area contributed by atoms with Crippen LogP contribution in [-0.2, 0) is 6.42 Å². The summed E-state index contributed by atoms with van der Waals surface area (Å²) in [6.45, 7) is 23.8. The molecule has 0 atom stereocenters. The van der Waals surface area contributed by atoms with Crippen molar-refractivity contribution in [3.05, 3.63) is 71.5 Å². The van der Waals surface area contributed by atoms with Gasteiger partial charge in [0, 0.05) is 12.2 Å². The molecule has 2 rings (SSSR count). The van der Waals surface area contributed by atoms with E-state index in [1.807, 2.05) is 20.8 Å². The van der Waals surface area contributed by atoms with Crippen LogP contribution >= 0.6 is 0 Å². The zero-order chi connectivity index (χ0) is 24.4. The molecule has 1 heteroatoms. The van der Waals surface area contributed by atoms with Gasteiger partial charge >= 0.3 is 0 Å². The highest BCUT2D eigenvalue weighted by atomic mass is 14.9. The zero-order valence-electron chi connectivity index (χ0n) is 22.6. The van der Waals surface area contributed by atoms with Gasteiger partial charge in [0.25, 0.3) is 0 Å². The lowest BCUT2D eigenvalue weighted by Crippen LogP contribution is -2.25. The quantitative estimate of drug-likeness (QED) is 0.267. The maximum atomic E-state index is 4.05. The molecule has 1 N–H and O–H groups in total. The summed E-state index contributed by atoms with van der Waals surface area (Å²) in [5.41, 5.74) is 6.91. The van der Waals surface area contributed by atoms with Crippen molar-refractivity contribution in [3.63, 3.8) is 0 Å². The molecule has 0 aliphatic heterocycles. The van der Waals surface area contributed by atoms with Crippen LogP contribution in [-0.4, -0.2) is 6.54 Å². The molecular formula is C31H53N. The van der Waals surface area contributed by atoms with Crippen LogP contribution in [0.25, 0.3) is 0 Å². The first-order valence-corrected chi connectivity index (χ1v) is 13.0. The van der Waals surface area contributed by atoms with Crippen LogP contribution < -0.4 is 5.32 Å². The topological polar surface area (TPSA) is 12.0 Å². The number of hydrogen-bond donors (Lipinski definition) is 1. The van der Waals surface area contributed by atoms with Crippen LogP contribution in [0.2, 0.25) is 0 Å². The first-order chi connectivity index (χ1) is 15.2. The molecule has 0 heterocycles. The van der Waals surface area contributed by atoms with Crippen molar-refractivity contribution < 1.29 is 0 Å². The SMILES string of the molecule is C=C(C)CNC1=CC(=C)CC(C)(C)C1.CC.CCCCCCCCCc1ccc(C)cc1. The number of rotatable bonds is 11. The minimum Gasteiger partial charge on any atom is -0.385 e. The fourth-order valence-corrected chi connectivity index (χ4v) is 3.96. The first-order valence-electron chi connectivity index (χ1n) is 13.0. The molecule has 0 radical (unpaired) electrons. The average Bonchev–Trinajstić information content (AvgIpc) is 2.73. The summed E-state index contributed by atoms with van der Waals surface area (Å²) in [7, 11) is 0. The molecule has 1 aliphatic rings. The molecule has 1 aromatic rings. The minimum absolute atomic E-state index is 0.350. The molecule has 0 fully saturated rings. The second kappa shape index (κ2) is 17.8. The van der Waals surface area contributed by atoms with E-state index < -0.39 is 0 Å². The molecule has 0 amide bonds. The van der Waals surface area contributed by atoms with Crippen LogP contribution in [0.4, 0.5) is 0 Å². The fourth-order valence-electron chi connectivity index (χ4n) is 3.96. The molecular weight excluding hydrogens is 386 g/mol. The molecule has 1 aliphatic carbocycles. The van der Waals surface area contributed by atoms with E-state index in [2.05, 4.69) is 76.5 Å². The minimum atomic E-state index is 0.350. The molecule has 1 nitrogen and oxygen atoms in total. The third-order valence-corrected chi connectivity index (χ3v) is 5.56. The molecule has 32 heavy (non-hydrogen) atoms. The molecule has 0 aromatic heterocycles. The summed E-state index contributed by atoms with van der Waals surface area (Å²) in [5.74, 6) is 0. The lowest BCUT2D eigenvalue weighted by atomic mass is 9.77. The van der Waals surface area contributed by atoms with Gasteiger partial charge in [-0.3, -0.25) is 0 Å². The third kappa shape index (κ3) is 16.0. The van der Waals surface area contributed by atoms with Gasteiger partial charge in [0.2, 0.25) is 0 Å². The fraction of sp³-hybridized carbons (Fsp3) is 0.613. The van der Waals surface area contributed by atoms with Gasteiger partial charge in [-0.1, -0.05) is 127 Å². The van der Waals surface area contributed by atoms with Crippen molar-refractivity contribution in [1.82, 2.24) is 5.32 Å². The van der Waals surface area contributed by atoms with Crippen molar-refractivity contribution in [2.45, 2.75) is 113 Å². The summed E-state index contributed by atoms with van der Waals surface area (Å²) < 4.78 is 0. The first kappa shape index (κ1) is 30.2. The van der Waals surface area contributed by atoms with Gasteiger partial charge in [0.1, 0.15) is 0 Å². The Bertz CT molecular complexity index is 660. The number of nitrogens with one attached hydrogen (secondary N) is 1. The van der Waals surface area contributed by atoms with E-state index >= 15 is 0 Å². The molecule has 182 valence electrons. The molecule has 0 saturated carbocycles. The Morgan fingerprint density at radius 1 is 0.938 bits per heavy atom.